The number of rotatable bonds is 6. The van der Waals surface area contributed by atoms with Crippen LogP contribution in [0.2, 0.25) is 0 Å². The molecule has 2 aliphatic heterocycles. The molecule has 2 N–H and O–H groups in total. The van der Waals surface area contributed by atoms with E-state index in [1.807, 2.05) is 0 Å². The molecule has 3 rings (SSSR count). The van der Waals surface area contributed by atoms with Gasteiger partial charge in [-0.05, 0) is 37.5 Å². The van der Waals surface area contributed by atoms with Gasteiger partial charge in [-0.3, -0.25) is 9.69 Å². The topological polar surface area (TPSA) is 81.8 Å². The number of piperidine rings is 1. The van der Waals surface area contributed by atoms with Crippen molar-refractivity contribution in [3.8, 4) is 0 Å². The quantitative estimate of drug-likeness (QED) is 0.746. The maximum Gasteiger partial charge on any atom is 0.251 e. The van der Waals surface area contributed by atoms with Crippen molar-refractivity contribution in [2.75, 3.05) is 52.4 Å². The van der Waals surface area contributed by atoms with Crippen molar-refractivity contribution in [2.24, 2.45) is 0 Å². The second-order valence-corrected chi connectivity index (χ2v) is 9.20. The summed E-state index contributed by atoms with van der Waals surface area (Å²) in [6, 6.07) is 4.95. The number of nitrogens with one attached hydrogen (secondary N) is 2. The number of amides is 1. The van der Waals surface area contributed by atoms with Crippen LogP contribution in [0.5, 0.6) is 0 Å². The lowest BCUT2D eigenvalue weighted by Crippen LogP contribution is -2.46. The van der Waals surface area contributed by atoms with Crippen molar-refractivity contribution in [1.82, 2.24) is 19.8 Å². The Morgan fingerprint density at radius 2 is 1.81 bits per heavy atom. The molecule has 2 aliphatic rings. The first kappa shape index (κ1) is 20.3. The van der Waals surface area contributed by atoms with E-state index < -0.39 is 10.0 Å². The van der Waals surface area contributed by atoms with E-state index in [2.05, 4.69) is 15.5 Å². The molecule has 27 heavy (non-hydrogen) atoms. The number of hydrogen-bond donors (Lipinski definition) is 2. The molecule has 1 amide bonds. The van der Waals surface area contributed by atoms with Gasteiger partial charge in [-0.1, -0.05) is 12.5 Å². The Labute approximate surface area is 162 Å². The van der Waals surface area contributed by atoms with E-state index in [9.17, 15) is 13.2 Å². The summed E-state index contributed by atoms with van der Waals surface area (Å²) in [7, 11) is -3.55. The number of benzene rings is 1. The Hall–Kier alpha value is -1.48. The molecule has 2 saturated heterocycles. The monoisotopic (exact) mass is 394 g/mol. The first-order chi connectivity index (χ1) is 13.0. The van der Waals surface area contributed by atoms with E-state index >= 15 is 0 Å². The Bertz CT molecular complexity index is 754. The molecule has 0 radical (unpaired) electrons. The third-order valence-corrected chi connectivity index (χ3v) is 7.35. The second kappa shape index (κ2) is 9.14. The van der Waals surface area contributed by atoms with Crippen molar-refractivity contribution >= 4 is 15.9 Å². The van der Waals surface area contributed by atoms with Crippen LogP contribution < -0.4 is 10.6 Å². The summed E-state index contributed by atoms with van der Waals surface area (Å²) in [6.07, 6.45) is 2.86. The highest BCUT2D eigenvalue weighted by Gasteiger charge is 2.28. The fourth-order valence-corrected chi connectivity index (χ4v) is 5.40. The zero-order valence-corrected chi connectivity index (χ0v) is 16.9. The molecule has 1 aromatic rings. The Kier molecular flexibility index (Phi) is 6.86. The largest absolute Gasteiger partial charge is 0.351 e. The standard InChI is InChI=1S/C19H30N4O3S/c1-16-5-6-17(19(24)21-9-14-22-12-7-20-8-13-22)15-18(16)27(25,26)23-10-3-2-4-11-23/h5-6,15,20H,2-4,7-14H2,1H3,(H,21,24). The summed E-state index contributed by atoms with van der Waals surface area (Å²) >= 11 is 0. The van der Waals surface area contributed by atoms with Gasteiger partial charge in [0.05, 0.1) is 4.90 Å². The maximum absolute atomic E-state index is 13.0. The van der Waals surface area contributed by atoms with Crippen molar-refractivity contribution in [1.29, 1.82) is 0 Å². The number of nitrogens with zero attached hydrogens (tertiary/aromatic N) is 2. The average molecular weight is 395 g/mol. The highest BCUT2D eigenvalue weighted by molar-refractivity contribution is 7.89. The Balaban J connectivity index is 1.65. The van der Waals surface area contributed by atoms with Gasteiger partial charge in [0, 0.05) is 57.9 Å². The van der Waals surface area contributed by atoms with E-state index in [1.54, 1.807) is 23.4 Å². The average Bonchev–Trinajstić information content (AvgIpc) is 2.69. The molecule has 0 bridgehead atoms. The lowest BCUT2D eigenvalue weighted by atomic mass is 10.1. The third-order valence-electron chi connectivity index (χ3n) is 5.31. The molecule has 1 aromatic carbocycles. The second-order valence-electron chi connectivity index (χ2n) is 7.29. The van der Waals surface area contributed by atoms with Crippen LogP contribution in [-0.2, 0) is 10.0 Å². The maximum atomic E-state index is 13.0. The summed E-state index contributed by atoms with van der Waals surface area (Å²) in [5.74, 6) is -0.222. The van der Waals surface area contributed by atoms with Gasteiger partial charge in [0.2, 0.25) is 10.0 Å². The SMILES string of the molecule is Cc1ccc(C(=O)NCCN2CCNCC2)cc1S(=O)(=O)N1CCCCC1. The van der Waals surface area contributed by atoms with Gasteiger partial charge in [0.1, 0.15) is 0 Å². The Morgan fingerprint density at radius 3 is 2.52 bits per heavy atom. The van der Waals surface area contributed by atoms with Crippen molar-refractivity contribution in [3.63, 3.8) is 0 Å². The van der Waals surface area contributed by atoms with Crippen LogP contribution in [0, 0.1) is 6.92 Å². The van der Waals surface area contributed by atoms with Crippen LogP contribution in [0.4, 0.5) is 0 Å². The first-order valence-corrected chi connectivity index (χ1v) is 11.2. The smallest absolute Gasteiger partial charge is 0.251 e. The van der Waals surface area contributed by atoms with Crippen LogP contribution >= 0.6 is 0 Å². The number of hydrogen-bond acceptors (Lipinski definition) is 5. The highest BCUT2D eigenvalue weighted by Crippen LogP contribution is 2.24. The van der Waals surface area contributed by atoms with Gasteiger partial charge in [-0.15, -0.1) is 0 Å². The van der Waals surface area contributed by atoms with Crippen LogP contribution in [0.25, 0.3) is 0 Å². The molecule has 0 aromatic heterocycles. The molecular weight excluding hydrogens is 364 g/mol. The minimum Gasteiger partial charge on any atom is -0.351 e. The van der Waals surface area contributed by atoms with E-state index in [-0.39, 0.29) is 10.8 Å². The fraction of sp³-hybridized carbons (Fsp3) is 0.632. The molecule has 2 heterocycles. The molecule has 2 fully saturated rings. The van der Waals surface area contributed by atoms with E-state index in [0.29, 0.717) is 30.8 Å². The van der Waals surface area contributed by atoms with Crippen LogP contribution in [-0.4, -0.2) is 75.9 Å². The predicted octanol–water partition coefficient (Wildman–Crippen LogP) is 0.805. The molecule has 0 aliphatic carbocycles. The van der Waals surface area contributed by atoms with Crippen LogP contribution in [0.15, 0.2) is 23.1 Å². The number of carbonyl (C=O) groups excluding carboxylic acids is 1. The molecule has 150 valence electrons. The molecule has 8 heteroatoms. The van der Waals surface area contributed by atoms with Crippen LogP contribution in [0.3, 0.4) is 0 Å². The number of aryl methyl sites for hydroxylation is 1. The number of piperazine rings is 1. The molecule has 0 saturated carbocycles. The van der Waals surface area contributed by atoms with Crippen molar-refractivity contribution < 1.29 is 13.2 Å². The van der Waals surface area contributed by atoms with Crippen molar-refractivity contribution in [3.05, 3.63) is 29.3 Å². The van der Waals surface area contributed by atoms with Gasteiger partial charge in [-0.25, -0.2) is 8.42 Å². The molecule has 0 unspecified atom stereocenters. The van der Waals surface area contributed by atoms with E-state index in [0.717, 1.165) is 52.0 Å². The molecule has 7 nitrogen and oxygen atoms in total. The first-order valence-electron chi connectivity index (χ1n) is 9.80. The van der Waals surface area contributed by atoms with E-state index in [4.69, 9.17) is 0 Å². The highest BCUT2D eigenvalue weighted by atomic mass is 32.2. The van der Waals surface area contributed by atoms with Gasteiger partial charge >= 0.3 is 0 Å². The van der Waals surface area contributed by atoms with Gasteiger partial charge in [-0.2, -0.15) is 4.31 Å². The number of sulfonamides is 1. The third kappa shape index (κ3) is 5.07. The normalized spacial score (nSPS) is 19.7. The predicted molar refractivity (Wildman–Crippen MR) is 105 cm³/mol. The summed E-state index contributed by atoms with van der Waals surface area (Å²) in [4.78, 5) is 15.1. The lowest BCUT2D eigenvalue weighted by molar-refractivity contribution is 0.0947. The minimum absolute atomic E-state index is 0.222. The van der Waals surface area contributed by atoms with Gasteiger partial charge in [0.25, 0.3) is 5.91 Å². The molecular formula is C19H30N4O3S. The summed E-state index contributed by atoms with van der Waals surface area (Å²) in [6.45, 7) is 8.18. The fourth-order valence-electron chi connectivity index (χ4n) is 3.63. The molecule has 0 spiro atoms. The summed E-state index contributed by atoms with van der Waals surface area (Å²) in [5, 5.41) is 6.22. The Morgan fingerprint density at radius 1 is 1.11 bits per heavy atom. The van der Waals surface area contributed by atoms with Crippen LogP contribution in [0.1, 0.15) is 35.2 Å². The zero-order valence-electron chi connectivity index (χ0n) is 16.0. The summed E-state index contributed by atoms with van der Waals surface area (Å²) < 4.78 is 27.5. The lowest BCUT2D eigenvalue weighted by Gasteiger charge is -2.27. The van der Waals surface area contributed by atoms with Crippen molar-refractivity contribution in [2.45, 2.75) is 31.1 Å². The summed E-state index contributed by atoms with van der Waals surface area (Å²) in [5.41, 5.74) is 1.08. The number of carbonyl (C=O) groups is 1. The molecule has 0 atom stereocenters. The zero-order chi connectivity index (χ0) is 19.3. The van der Waals surface area contributed by atoms with Gasteiger partial charge < -0.3 is 10.6 Å². The minimum atomic E-state index is -3.55. The van der Waals surface area contributed by atoms with Gasteiger partial charge in [0.15, 0.2) is 0 Å². The van der Waals surface area contributed by atoms with E-state index in [1.165, 1.54) is 6.07 Å².